The molecule has 3 N–H and O–H groups in total. The summed E-state index contributed by atoms with van der Waals surface area (Å²) in [5.74, 6) is 5.64. The van der Waals surface area contributed by atoms with Gasteiger partial charge in [-0.2, -0.15) is 0 Å². The summed E-state index contributed by atoms with van der Waals surface area (Å²) < 4.78 is 0. The average molecular weight is 228 g/mol. The van der Waals surface area contributed by atoms with E-state index in [2.05, 4.69) is 47.4 Å². The Bertz CT molecular complexity index is 496. The second-order valence-corrected chi connectivity index (χ2v) is 4.09. The van der Waals surface area contributed by atoms with E-state index in [1.807, 2.05) is 0 Å². The van der Waals surface area contributed by atoms with Crippen LogP contribution in [0.25, 0.3) is 0 Å². The first-order chi connectivity index (χ1) is 8.22. The molecule has 0 aliphatic carbocycles. The van der Waals surface area contributed by atoms with Crippen molar-refractivity contribution in [3.05, 3.63) is 59.2 Å². The minimum atomic E-state index is -0.122. The van der Waals surface area contributed by atoms with Crippen molar-refractivity contribution in [1.29, 1.82) is 0 Å². The Morgan fingerprint density at radius 2 is 2.06 bits per heavy atom. The van der Waals surface area contributed by atoms with Crippen LogP contribution in [0.4, 0.5) is 0 Å². The van der Waals surface area contributed by atoms with E-state index < -0.39 is 0 Å². The first kappa shape index (κ1) is 11.7. The lowest BCUT2D eigenvalue weighted by Gasteiger charge is -2.18. The number of nitrogens with one attached hydrogen (secondary N) is 1. The number of nitrogens with zero attached hydrogens (tertiary/aromatic N) is 2. The second kappa shape index (κ2) is 5.03. The third-order valence-electron chi connectivity index (χ3n) is 2.79. The number of nitrogens with two attached hydrogens (primary N) is 1. The van der Waals surface area contributed by atoms with Gasteiger partial charge in [-0.25, -0.2) is 5.43 Å². The first-order valence-electron chi connectivity index (χ1n) is 5.51. The van der Waals surface area contributed by atoms with Gasteiger partial charge in [-0.3, -0.25) is 15.8 Å². The van der Waals surface area contributed by atoms with Gasteiger partial charge in [0.05, 0.1) is 17.9 Å². The Hall–Kier alpha value is -1.78. The minimum absolute atomic E-state index is 0.122. The summed E-state index contributed by atoms with van der Waals surface area (Å²) in [6.07, 6.45) is 5.05. The zero-order chi connectivity index (χ0) is 12.3. The topological polar surface area (TPSA) is 63.8 Å². The molecule has 0 saturated carbocycles. The van der Waals surface area contributed by atoms with E-state index >= 15 is 0 Å². The fourth-order valence-corrected chi connectivity index (χ4v) is 1.87. The highest BCUT2D eigenvalue weighted by molar-refractivity contribution is 5.36. The Labute approximate surface area is 101 Å². The fourth-order valence-electron chi connectivity index (χ4n) is 1.87. The van der Waals surface area contributed by atoms with Crippen LogP contribution in [0.1, 0.15) is 28.4 Å². The van der Waals surface area contributed by atoms with Crippen LogP contribution in [0.3, 0.4) is 0 Å². The lowest BCUT2D eigenvalue weighted by Crippen LogP contribution is -2.30. The molecule has 1 aromatic heterocycles. The summed E-state index contributed by atoms with van der Waals surface area (Å²) in [5, 5.41) is 0. The Balaban J connectivity index is 2.46. The van der Waals surface area contributed by atoms with Gasteiger partial charge in [0.1, 0.15) is 0 Å². The average Bonchev–Trinajstić information content (AvgIpc) is 2.36. The van der Waals surface area contributed by atoms with E-state index in [1.165, 1.54) is 11.1 Å². The maximum atomic E-state index is 5.64. The molecule has 1 heterocycles. The molecule has 0 radical (unpaired) electrons. The number of hydrogen-bond donors (Lipinski definition) is 2. The Morgan fingerprint density at radius 1 is 1.24 bits per heavy atom. The highest BCUT2D eigenvalue weighted by Crippen LogP contribution is 2.23. The van der Waals surface area contributed by atoms with Crippen molar-refractivity contribution >= 4 is 0 Å². The Kier molecular flexibility index (Phi) is 3.46. The van der Waals surface area contributed by atoms with Crippen LogP contribution in [0.15, 0.2) is 36.8 Å². The SMILES string of the molecule is Cc1ccc(C)c(C(NN)c2cnccn2)c1. The van der Waals surface area contributed by atoms with Crippen LogP contribution in [-0.4, -0.2) is 9.97 Å². The maximum Gasteiger partial charge on any atom is 0.0899 e. The monoisotopic (exact) mass is 228 g/mol. The molecule has 0 amide bonds. The van der Waals surface area contributed by atoms with Gasteiger partial charge in [0.15, 0.2) is 0 Å². The van der Waals surface area contributed by atoms with Crippen molar-refractivity contribution in [2.24, 2.45) is 5.84 Å². The molecule has 4 nitrogen and oxygen atoms in total. The van der Waals surface area contributed by atoms with Crippen molar-refractivity contribution in [2.75, 3.05) is 0 Å². The van der Waals surface area contributed by atoms with Gasteiger partial charge in [-0.15, -0.1) is 0 Å². The molecule has 17 heavy (non-hydrogen) atoms. The smallest absolute Gasteiger partial charge is 0.0899 e. The first-order valence-corrected chi connectivity index (χ1v) is 5.51. The van der Waals surface area contributed by atoms with Crippen molar-refractivity contribution in [1.82, 2.24) is 15.4 Å². The summed E-state index contributed by atoms with van der Waals surface area (Å²) in [6.45, 7) is 4.13. The summed E-state index contributed by atoms with van der Waals surface area (Å²) in [4.78, 5) is 8.37. The molecule has 0 fully saturated rings. The molecule has 2 aromatic rings. The second-order valence-electron chi connectivity index (χ2n) is 4.09. The van der Waals surface area contributed by atoms with E-state index in [4.69, 9.17) is 5.84 Å². The standard InChI is InChI=1S/C13H16N4/c1-9-3-4-10(2)11(7-9)13(17-14)12-8-15-5-6-16-12/h3-8,13,17H,14H2,1-2H3. The summed E-state index contributed by atoms with van der Waals surface area (Å²) in [6, 6.07) is 6.17. The van der Waals surface area contributed by atoms with Crippen LogP contribution >= 0.6 is 0 Å². The van der Waals surface area contributed by atoms with E-state index in [9.17, 15) is 0 Å². The predicted molar refractivity (Wildman–Crippen MR) is 67.1 cm³/mol. The molecule has 2 rings (SSSR count). The molecule has 0 saturated heterocycles. The molecular weight excluding hydrogens is 212 g/mol. The zero-order valence-electron chi connectivity index (χ0n) is 10.0. The number of rotatable bonds is 3. The molecule has 4 heteroatoms. The molecule has 1 atom stereocenters. The number of aryl methyl sites for hydroxylation is 2. The lowest BCUT2D eigenvalue weighted by atomic mass is 9.97. The lowest BCUT2D eigenvalue weighted by molar-refractivity contribution is 0.614. The highest BCUT2D eigenvalue weighted by Gasteiger charge is 2.15. The zero-order valence-corrected chi connectivity index (χ0v) is 10.0. The van der Waals surface area contributed by atoms with Crippen LogP contribution in [-0.2, 0) is 0 Å². The number of hydrazine groups is 1. The van der Waals surface area contributed by atoms with E-state index in [0.717, 1.165) is 11.3 Å². The quantitative estimate of drug-likeness (QED) is 0.619. The van der Waals surface area contributed by atoms with Gasteiger partial charge in [0.25, 0.3) is 0 Å². The van der Waals surface area contributed by atoms with Crippen molar-refractivity contribution in [3.8, 4) is 0 Å². The molecular formula is C13H16N4. The summed E-state index contributed by atoms with van der Waals surface area (Å²) >= 11 is 0. The largest absolute Gasteiger partial charge is 0.271 e. The van der Waals surface area contributed by atoms with Crippen LogP contribution in [0.5, 0.6) is 0 Å². The van der Waals surface area contributed by atoms with Crippen molar-refractivity contribution in [3.63, 3.8) is 0 Å². The molecule has 1 aromatic carbocycles. The third-order valence-corrected chi connectivity index (χ3v) is 2.79. The molecule has 0 spiro atoms. The number of benzene rings is 1. The van der Waals surface area contributed by atoms with Gasteiger partial charge < -0.3 is 0 Å². The molecule has 0 aliphatic heterocycles. The summed E-state index contributed by atoms with van der Waals surface area (Å²) in [7, 11) is 0. The Morgan fingerprint density at radius 3 is 2.71 bits per heavy atom. The predicted octanol–water partition coefficient (Wildman–Crippen LogP) is 1.65. The van der Waals surface area contributed by atoms with E-state index in [1.54, 1.807) is 18.6 Å². The third kappa shape index (κ3) is 2.49. The van der Waals surface area contributed by atoms with Crippen LogP contribution in [0.2, 0.25) is 0 Å². The molecule has 0 bridgehead atoms. The number of hydrogen-bond acceptors (Lipinski definition) is 4. The van der Waals surface area contributed by atoms with E-state index in [0.29, 0.717) is 0 Å². The molecule has 88 valence electrons. The minimum Gasteiger partial charge on any atom is -0.271 e. The fraction of sp³-hybridized carbons (Fsp3) is 0.231. The van der Waals surface area contributed by atoms with Gasteiger partial charge in [0, 0.05) is 12.4 Å². The number of aromatic nitrogens is 2. The van der Waals surface area contributed by atoms with Crippen LogP contribution in [0, 0.1) is 13.8 Å². The van der Waals surface area contributed by atoms with Gasteiger partial charge in [-0.1, -0.05) is 23.8 Å². The maximum absolute atomic E-state index is 5.64. The van der Waals surface area contributed by atoms with E-state index in [-0.39, 0.29) is 6.04 Å². The van der Waals surface area contributed by atoms with Gasteiger partial charge >= 0.3 is 0 Å². The van der Waals surface area contributed by atoms with Crippen molar-refractivity contribution < 1.29 is 0 Å². The van der Waals surface area contributed by atoms with Gasteiger partial charge in [0.2, 0.25) is 0 Å². The normalized spacial score (nSPS) is 12.4. The summed E-state index contributed by atoms with van der Waals surface area (Å²) in [5.41, 5.74) is 7.14. The molecule has 0 aliphatic rings. The van der Waals surface area contributed by atoms with Gasteiger partial charge in [-0.05, 0) is 25.0 Å². The van der Waals surface area contributed by atoms with Crippen molar-refractivity contribution in [2.45, 2.75) is 19.9 Å². The molecule has 1 unspecified atom stereocenters. The highest BCUT2D eigenvalue weighted by atomic mass is 15.2. The van der Waals surface area contributed by atoms with Crippen LogP contribution < -0.4 is 11.3 Å².